The average molecular weight is 643 g/mol. The maximum absolute atomic E-state index is 5.28. The molecule has 5 unspecified atom stereocenters. The molecule has 1 heterocycles. The number of unbranched alkanes of at least 4 members (excludes halogenated alkanes) is 7. The van der Waals surface area contributed by atoms with Crippen molar-refractivity contribution < 1.29 is 17.1 Å². The summed E-state index contributed by atoms with van der Waals surface area (Å²) in [5.74, 6) is 3.01. The molecule has 5 N–H and O–H groups in total. The van der Waals surface area contributed by atoms with Gasteiger partial charge in [0.1, 0.15) is 0 Å². The van der Waals surface area contributed by atoms with Crippen LogP contribution in [0, 0.1) is 17.8 Å². The minimum absolute atomic E-state index is 0. The van der Waals surface area contributed by atoms with E-state index in [2.05, 4.69) is 78.3 Å². The minimum atomic E-state index is 0. The molecule has 0 saturated carbocycles. The van der Waals surface area contributed by atoms with Gasteiger partial charge in [0.25, 0.3) is 0 Å². The van der Waals surface area contributed by atoms with Gasteiger partial charge in [-0.25, -0.2) is 0 Å². The lowest BCUT2D eigenvalue weighted by molar-refractivity contribution is -0.0000101. The molecule has 0 radical (unpaired) electrons. The van der Waals surface area contributed by atoms with E-state index in [1.165, 1.54) is 103 Å². The highest BCUT2D eigenvalue weighted by Crippen LogP contribution is 2.09. The van der Waals surface area contributed by atoms with Gasteiger partial charge in [-0.3, -0.25) is 0 Å². The summed E-state index contributed by atoms with van der Waals surface area (Å²) in [6, 6.07) is 0. The molecule has 5 atom stereocenters. The number of epoxide rings is 1. The molecule has 1 aliphatic rings. The Labute approximate surface area is 277 Å². The quantitative estimate of drug-likeness (QED) is 0.0442. The largest absolute Gasteiger partial charge is 1.00 e. The molecule has 1 fully saturated rings. The lowest BCUT2D eigenvalue weighted by atomic mass is 10.1. The standard InChI is InChI=1S/C15H33N.C12H28N2.C5H13N.C3H5ClO.ClH/c1-4-6-7-8-9-10-11-12-13-16-14-15(3)5-2;1-5-8-12(13-9-6-2)14-10-11(4)7-3;1-3-5(2)4-6;4-1-3-2-5-3;/h15-16H,4-14H2,1-3H3;11-14H,5-10H2,1-4H3;5H,3-4,6H2,1-2H3;3H,1-2H2;1H/p-1. The zero-order chi connectivity index (χ0) is 31.6. The number of alkyl halides is 1. The molecule has 0 amide bonds. The van der Waals surface area contributed by atoms with Crippen LogP contribution in [0.15, 0.2) is 0 Å². The predicted octanol–water partition coefficient (Wildman–Crippen LogP) is 6.13. The Morgan fingerprint density at radius 1 is 0.690 bits per heavy atom. The first-order valence-corrected chi connectivity index (χ1v) is 18.4. The van der Waals surface area contributed by atoms with Gasteiger partial charge in [0, 0.05) is 0 Å². The molecule has 0 bridgehead atoms. The fourth-order valence-corrected chi connectivity index (χ4v) is 3.75. The Kier molecular flexibility index (Phi) is 48.5. The number of nitrogens with two attached hydrogens (primary N) is 1. The molecule has 7 heteroatoms. The van der Waals surface area contributed by atoms with Crippen molar-refractivity contribution in [2.75, 3.05) is 45.2 Å². The van der Waals surface area contributed by atoms with Crippen molar-refractivity contribution in [2.45, 2.75) is 164 Å². The molecule has 1 saturated heterocycles. The predicted molar refractivity (Wildman–Crippen MR) is 188 cm³/mol. The number of ether oxygens (including phenoxy) is 1. The van der Waals surface area contributed by atoms with Gasteiger partial charge in [-0.1, -0.05) is 133 Å². The molecule has 260 valence electrons. The van der Waals surface area contributed by atoms with Crippen LogP contribution in [0.5, 0.6) is 0 Å². The van der Waals surface area contributed by atoms with Crippen LogP contribution in [-0.4, -0.2) is 57.5 Å². The van der Waals surface area contributed by atoms with Crippen LogP contribution in [0.25, 0.3) is 0 Å². The Bertz CT molecular complexity index is 455. The second-order valence-corrected chi connectivity index (χ2v) is 12.6. The fourth-order valence-electron chi connectivity index (χ4n) is 3.57. The number of hydrogen-bond acceptors (Lipinski definition) is 5. The first-order chi connectivity index (χ1) is 19.8. The van der Waals surface area contributed by atoms with Gasteiger partial charge in [0.15, 0.2) is 0 Å². The summed E-state index contributed by atoms with van der Waals surface area (Å²) >= 11 is 5.27. The van der Waals surface area contributed by atoms with E-state index >= 15 is 0 Å². The first-order valence-electron chi connectivity index (χ1n) is 17.8. The van der Waals surface area contributed by atoms with Crippen LogP contribution in [0.3, 0.4) is 0 Å². The van der Waals surface area contributed by atoms with Gasteiger partial charge >= 0.3 is 0 Å². The Balaban J connectivity index is -0.000000250. The molecule has 1 rings (SSSR count). The van der Waals surface area contributed by atoms with E-state index in [9.17, 15) is 0 Å². The van der Waals surface area contributed by atoms with Crippen LogP contribution in [-0.2, 0) is 4.74 Å². The fraction of sp³-hybridized carbons (Fsp3) is 1.00. The third-order valence-corrected chi connectivity index (χ3v) is 8.04. The highest BCUT2D eigenvalue weighted by Gasteiger charge is 2.19. The summed E-state index contributed by atoms with van der Waals surface area (Å²) in [4.78, 5) is 0. The van der Waals surface area contributed by atoms with Crippen LogP contribution in [0.4, 0.5) is 0 Å². The molecule has 0 spiro atoms. The van der Waals surface area contributed by atoms with Gasteiger partial charge in [0.2, 0.25) is 0 Å². The number of hydrogen-bond donors (Lipinski definition) is 4. The van der Waals surface area contributed by atoms with Gasteiger partial charge < -0.3 is 38.8 Å². The molecule has 1 aliphatic heterocycles. The molecular formula is C35H79Cl2N4O-. The van der Waals surface area contributed by atoms with Crippen molar-refractivity contribution in [3.63, 3.8) is 0 Å². The topological polar surface area (TPSA) is 74.6 Å². The van der Waals surface area contributed by atoms with Crippen LogP contribution < -0.4 is 34.1 Å². The summed E-state index contributed by atoms with van der Waals surface area (Å²) < 4.78 is 4.73. The Morgan fingerprint density at radius 2 is 1.21 bits per heavy atom. The second-order valence-electron chi connectivity index (χ2n) is 12.3. The van der Waals surface area contributed by atoms with Crippen LogP contribution in [0.1, 0.15) is 152 Å². The van der Waals surface area contributed by atoms with E-state index in [1.54, 1.807) is 0 Å². The smallest absolute Gasteiger partial charge is 0.0944 e. The molecule has 0 aromatic carbocycles. The maximum Gasteiger partial charge on any atom is 0.0944 e. The zero-order valence-corrected chi connectivity index (χ0v) is 31.5. The molecule has 0 aromatic heterocycles. The minimum Gasteiger partial charge on any atom is -1.00 e. The van der Waals surface area contributed by atoms with Gasteiger partial charge in [0.05, 0.1) is 24.8 Å². The van der Waals surface area contributed by atoms with E-state index in [0.29, 0.717) is 24.1 Å². The zero-order valence-electron chi connectivity index (χ0n) is 30.0. The maximum atomic E-state index is 5.28. The van der Waals surface area contributed by atoms with Crippen molar-refractivity contribution >= 4 is 11.6 Å². The van der Waals surface area contributed by atoms with E-state index in [-0.39, 0.29) is 12.4 Å². The molecular weight excluding hydrogens is 563 g/mol. The summed E-state index contributed by atoms with van der Waals surface area (Å²) in [6.07, 6.45) is 19.7. The van der Waals surface area contributed by atoms with Crippen molar-refractivity contribution in [1.29, 1.82) is 0 Å². The molecule has 5 nitrogen and oxygen atoms in total. The third-order valence-electron chi connectivity index (χ3n) is 7.70. The van der Waals surface area contributed by atoms with Crippen molar-refractivity contribution in [3.05, 3.63) is 0 Å². The molecule has 0 aromatic rings. The summed E-state index contributed by atoms with van der Waals surface area (Å²) in [5.41, 5.74) is 5.28. The van der Waals surface area contributed by atoms with Crippen molar-refractivity contribution in [1.82, 2.24) is 16.0 Å². The highest BCUT2D eigenvalue weighted by atomic mass is 35.5. The Hall–Kier alpha value is 0.380. The van der Waals surface area contributed by atoms with Crippen molar-refractivity contribution in [3.8, 4) is 0 Å². The highest BCUT2D eigenvalue weighted by molar-refractivity contribution is 6.18. The molecule has 0 aliphatic carbocycles. The summed E-state index contributed by atoms with van der Waals surface area (Å²) in [7, 11) is 0. The van der Waals surface area contributed by atoms with Crippen LogP contribution >= 0.6 is 11.6 Å². The summed E-state index contributed by atoms with van der Waals surface area (Å²) in [5, 5.41) is 10.7. The van der Waals surface area contributed by atoms with E-state index in [4.69, 9.17) is 22.1 Å². The lowest BCUT2D eigenvalue weighted by Gasteiger charge is -2.21. The average Bonchev–Trinajstić information content (AvgIpc) is 3.84. The van der Waals surface area contributed by atoms with Gasteiger partial charge in [-0.15, -0.1) is 11.6 Å². The summed E-state index contributed by atoms with van der Waals surface area (Å²) in [6.45, 7) is 26.6. The third kappa shape index (κ3) is 44.8. The number of rotatable bonds is 24. The normalized spacial score (nSPS) is 16.2. The first kappa shape index (κ1) is 49.3. The number of halogens is 2. The Morgan fingerprint density at radius 3 is 1.60 bits per heavy atom. The van der Waals surface area contributed by atoms with Gasteiger partial charge in [-0.05, 0) is 69.7 Å². The second kappa shape index (κ2) is 41.4. The number of nitrogens with one attached hydrogen (secondary N) is 3. The molecule has 42 heavy (non-hydrogen) atoms. The van der Waals surface area contributed by atoms with Gasteiger partial charge in [-0.2, -0.15) is 0 Å². The van der Waals surface area contributed by atoms with E-state index in [0.717, 1.165) is 38.1 Å². The van der Waals surface area contributed by atoms with Crippen LogP contribution in [0.2, 0.25) is 0 Å². The lowest BCUT2D eigenvalue weighted by Crippen LogP contribution is -3.00. The van der Waals surface area contributed by atoms with Crippen molar-refractivity contribution in [2.24, 2.45) is 23.5 Å². The SMILES string of the molecule is CCC(C)CN.CCCCCCCCCCNCC(C)CC.CCCNC(CCC)NCC(C)CC.ClCC1CO1.[Cl-]. The van der Waals surface area contributed by atoms with E-state index in [1.807, 2.05) is 0 Å². The monoisotopic (exact) mass is 642 g/mol. The van der Waals surface area contributed by atoms with E-state index < -0.39 is 0 Å².